The molecule has 2 aromatic rings. The topological polar surface area (TPSA) is 58.6 Å². The molecule has 184 valence electrons. The highest BCUT2D eigenvalue weighted by atomic mass is 79.9. The molecule has 1 N–H and O–H groups in total. The number of benzene rings is 2. The number of hydrogen-bond acceptors (Lipinski definition) is 3. The van der Waals surface area contributed by atoms with E-state index in [4.69, 9.17) is 4.74 Å². The molecule has 1 fully saturated rings. The number of carbonyl (C=O) groups excluding carboxylic acids is 2. The average Bonchev–Trinajstić information content (AvgIpc) is 3.31. The monoisotopic (exact) mass is 528 g/mol. The zero-order valence-electron chi connectivity index (χ0n) is 20.8. The average molecular weight is 530 g/mol. The molecule has 6 heteroatoms. The summed E-state index contributed by atoms with van der Waals surface area (Å²) >= 11 is 3.58. The Bertz CT molecular complexity index is 965. The molecule has 1 saturated carbocycles. The van der Waals surface area contributed by atoms with E-state index < -0.39 is 6.04 Å². The standard InChI is InChI=1S/C28H37BrN2O3/c1-5-24(27(33)30-22-13-9-10-14-22)31(18-20-11-7-6-8-12-20)26(32)19-34-25-16-15-21(17-23(25)29)28(2,3)4/h6-8,11-12,15-17,22,24H,5,9-10,13-14,18-19H2,1-4H3,(H,30,33)/t24-/m0/s1. The van der Waals surface area contributed by atoms with Crippen molar-refractivity contribution in [3.8, 4) is 5.75 Å². The summed E-state index contributed by atoms with van der Waals surface area (Å²) in [5, 5.41) is 3.17. The Morgan fingerprint density at radius 3 is 2.38 bits per heavy atom. The highest BCUT2D eigenvalue weighted by Gasteiger charge is 2.31. The molecular formula is C28H37BrN2O3. The van der Waals surface area contributed by atoms with Crippen LogP contribution in [0.15, 0.2) is 53.0 Å². The first kappa shape index (κ1) is 26.3. The highest BCUT2D eigenvalue weighted by Crippen LogP contribution is 2.31. The lowest BCUT2D eigenvalue weighted by atomic mass is 9.87. The molecule has 0 spiro atoms. The van der Waals surface area contributed by atoms with Crippen molar-refractivity contribution in [3.05, 3.63) is 64.1 Å². The van der Waals surface area contributed by atoms with Crippen LogP contribution in [0.25, 0.3) is 0 Å². The minimum Gasteiger partial charge on any atom is -0.483 e. The summed E-state index contributed by atoms with van der Waals surface area (Å²) in [5.74, 6) is 0.336. The third-order valence-electron chi connectivity index (χ3n) is 6.43. The van der Waals surface area contributed by atoms with E-state index >= 15 is 0 Å². The largest absolute Gasteiger partial charge is 0.483 e. The Labute approximate surface area is 212 Å². The molecule has 5 nitrogen and oxygen atoms in total. The van der Waals surface area contributed by atoms with Crippen molar-refractivity contribution >= 4 is 27.7 Å². The lowest BCUT2D eigenvalue weighted by molar-refractivity contribution is -0.143. The number of rotatable bonds is 9. The second-order valence-corrected chi connectivity index (χ2v) is 11.0. The van der Waals surface area contributed by atoms with Crippen molar-refractivity contribution in [2.75, 3.05) is 6.61 Å². The second kappa shape index (κ2) is 11.9. The maximum Gasteiger partial charge on any atom is 0.261 e. The molecule has 0 heterocycles. The fourth-order valence-corrected chi connectivity index (χ4v) is 4.87. The fourth-order valence-electron chi connectivity index (χ4n) is 4.37. The van der Waals surface area contributed by atoms with Gasteiger partial charge in [0.25, 0.3) is 5.91 Å². The molecule has 0 radical (unpaired) electrons. The molecule has 2 aromatic carbocycles. The van der Waals surface area contributed by atoms with Gasteiger partial charge in [0, 0.05) is 12.6 Å². The Morgan fingerprint density at radius 2 is 1.79 bits per heavy atom. The summed E-state index contributed by atoms with van der Waals surface area (Å²) < 4.78 is 6.74. The van der Waals surface area contributed by atoms with Crippen LogP contribution in [-0.2, 0) is 21.5 Å². The van der Waals surface area contributed by atoms with E-state index in [0.29, 0.717) is 18.7 Å². The van der Waals surface area contributed by atoms with Crippen LogP contribution in [0, 0.1) is 0 Å². The first-order valence-corrected chi connectivity index (χ1v) is 13.0. The molecule has 34 heavy (non-hydrogen) atoms. The second-order valence-electron chi connectivity index (χ2n) is 10.1. The number of nitrogens with zero attached hydrogens (tertiary/aromatic N) is 1. The summed E-state index contributed by atoms with van der Waals surface area (Å²) in [4.78, 5) is 28.2. The van der Waals surface area contributed by atoms with Gasteiger partial charge in [-0.3, -0.25) is 9.59 Å². The van der Waals surface area contributed by atoms with Crippen molar-refractivity contribution in [2.45, 2.75) is 83.8 Å². The van der Waals surface area contributed by atoms with Gasteiger partial charge in [-0.1, -0.05) is 76.9 Å². The first-order chi connectivity index (χ1) is 16.2. The van der Waals surface area contributed by atoms with Crippen LogP contribution >= 0.6 is 15.9 Å². The molecule has 0 unspecified atom stereocenters. The van der Waals surface area contributed by atoms with Gasteiger partial charge >= 0.3 is 0 Å². The van der Waals surface area contributed by atoms with Gasteiger partial charge in [0.15, 0.2) is 6.61 Å². The van der Waals surface area contributed by atoms with E-state index in [1.807, 2.05) is 55.5 Å². The maximum atomic E-state index is 13.4. The summed E-state index contributed by atoms with van der Waals surface area (Å²) in [5.41, 5.74) is 2.18. The van der Waals surface area contributed by atoms with Crippen molar-refractivity contribution in [1.29, 1.82) is 0 Å². The molecule has 0 aliphatic heterocycles. The lowest BCUT2D eigenvalue weighted by Crippen LogP contribution is -2.52. The van der Waals surface area contributed by atoms with E-state index in [1.54, 1.807) is 4.90 Å². The van der Waals surface area contributed by atoms with Crippen LogP contribution in [0.5, 0.6) is 5.75 Å². The van der Waals surface area contributed by atoms with Crippen molar-refractivity contribution in [2.24, 2.45) is 0 Å². The number of hydrogen-bond donors (Lipinski definition) is 1. The van der Waals surface area contributed by atoms with E-state index in [2.05, 4.69) is 42.0 Å². The third kappa shape index (κ3) is 7.08. The number of ether oxygens (including phenoxy) is 1. The Balaban J connectivity index is 1.75. The Hall–Kier alpha value is -2.34. The highest BCUT2D eigenvalue weighted by molar-refractivity contribution is 9.10. The number of halogens is 1. The molecule has 2 amide bonds. The van der Waals surface area contributed by atoms with Gasteiger partial charge in [0.1, 0.15) is 11.8 Å². The van der Waals surface area contributed by atoms with Gasteiger partial charge in [-0.2, -0.15) is 0 Å². The predicted molar refractivity (Wildman–Crippen MR) is 140 cm³/mol. The van der Waals surface area contributed by atoms with Crippen molar-refractivity contribution in [3.63, 3.8) is 0 Å². The normalized spacial score (nSPS) is 15.1. The van der Waals surface area contributed by atoms with Crippen LogP contribution in [-0.4, -0.2) is 35.4 Å². The van der Waals surface area contributed by atoms with Gasteiger partial charge in [-0.05, 0) is 63.9 Å². The summed E-state index contributed by atoms with van der Waals surface area (Å²) in [6, 6.07) is 15.4. The zero-order valence-corrected chi connectivity index (χ0v) is 22.4. The smallest absolute Gasteiger partial charge is 0.261 e. The number of amides is 2. The number of carbonyl (C=O) groups is 2. The summed E-state index contributed by atoms with van der Waals surface area (Å²) in [6.45, 7) is 8.65. The maximum absolute atomic E-state index is 13.4. The van der Waals surface area contributed by atoms with Gasteiger partial charge in [-0.25, -0.2) is 0 Å². The lowest BCUT2D eigenvalue weighted by Gasteiger charge is -2.31. The van der Waals surface area contributed by atoms with Crippen LogP contribution in [0.4, 0.5) is 0 Å². The summed E-state index contributed by atoms with van der Waals surface area (Å²) in [6.07, 6.45) is 4.85. The van der Waals surface area contributed by atoms with E-state index in [0.717, 1.165) is 35.7 Å². The molecule has 0 aromatic heterocycles. The quantitative estimate of drug-likeness (QED) is 0.434. The van der Waals surface area contributed by atoms with E-state index in [1.165, 1.54) is 5.56 Å². The minimum absolute atomic E-state index is 0.0182. The molecule has 1 aliphatic rings. The fraction of sp³-hybridized carbons (Fsp3) is 0.500. The summed E-state index contributed by atoms with van der Waals surface area (Å²) in [7, 11) is 0. The van der Waals surface area contributed by atoms with Crippen molar-refractivity contribution in [1.82, 2.24) is 10.2 Å². The Kier molecular flexibility index (Phi) is 9.17. The Morgan fingerprint density at radius 1 is 1.12 bits per heavy atom. The molecule has 0 bridgehead atoms. The predicted octanol–water partition coefficient (Wildman–Crippen LogP) is 5.99. The molecular weight excluding hydrogens is 492 g/mol. The third-order valence-corrected chi connectivity index (χ3v) is 7.05. The zero-order chi connectivity index (χ0) is 24.7. The van der Waals surface area contributed by atoms with Crippen LogP contribution < -0.4 is 10.1 Å². The molecule has 1 atom stereocenters. The molecule has 0 saturated heterocycles. The van der Waals surface area contributed by atoms with Crippen LogP contribution in [0.1, 0.15) is 70.9 Å². The van der Waals surface area contributed by atoms with Crippen LogP contribution in [0.3, 0.4) is 0 Å². The van der Waals surface area contributed by atoms with Gasteiger partial charge in [0.05, 0.1) is 4.47 Å². The van der Waals surface area contributed by atoms with Crippen molar-refractivity contribution < 1.29 is 14.3 Å². The molecule has 1 aliphatic carbocycles. The van der Waals surface area contributed by atoms with E-state index in [-0.39, 0.29) is 29.9 Å². The SMILES string of the molecule is CC[C@@H](C(=O)NC1CCCC1)N(Cc1ccccc1)C(=O)COc1ccc(C(C)(C)C)cc1Br. The van der Waals surface area contributed by atoms with Gasteiger partial charge in [0.2, 0.25) is 5.91 Å². The van der Waals surface area contributed by atoms with Crippen LogP contribution in [0.2, 0.25) is 0 Å². The van der Waals surface area contributed by atoms with E-state index in [9.17, 15) is 9.59 Å². The van der Waals surface area contributed by atoms with Gasteiger partial charge < -0.3 is 15.0 Å². The first-order valence-electron chi connectivity index (χ1n) is 12.3. The minimum atomic E-state index is -0.538. The number of nitrogens with one attached hydrogen (secondary N) is 1. The van der Waals surface area contributed by atoms with Gasteiger partial charge in [-0.15, -0.1) is 0 Å². The molecule has 3 rings (SSSR count).